The molecule has 13 heavy (non-hydrogen) atoms. The summed E-state index contributed by atoms with van der Waals surface area (Å²) in [6.45, 7) is 1.31. The Balaban J connectivity index is 3.20. The molecule has 1 aromatic carbocycles. The molecule has 0 N–H and O–H groups in total. The first-order valence-electron chi connectivity index (χ1n) is 3.61. The van der Waals surface area contributed by atoms with Crippen LogP contribution in [-0.4, -0.2) is 11.7 Å². The van der Waals surface area contributed by atoms with Gasteiger partial charge in [-0.15, -0.1) is 11.6 Å². The molecule has 0 spiro atoms. The zero-order chi connectivity index (χ0) is 10.0. The standard InChI is InChI=1S/C9H7ClF2O/c1-5-7(11)2-6(3-8(5)12)9(13)4-10/h2-3H,4H2,1H3. The number of ketones is 1. The largest absolute Gasteiger partial charge is 0.293 e. The molecular formula is C9H7ClF2O. The summed E-state index contributed by atoms with van der Waals surface area (Å²) in [5.74, 6) is -2.22. The van der Waals surface area contributed by atoms with Crippen LogP contribution in [0.15, 0.2) is 12.1 Å². The number of halogens is 3. The van der Waals surface area contributed by atoms with E-state index in [0.29, 0.717) is 0 Å². The van der Waals surface area contributed by atoms with Gasteiger partial charge in [0.25, 0.3) is 0 Å². The van der Waals surface area contributed by atoms with Gasteiger partial charge in [0.05, 0.1) is 5.88 Å². The Bertz CT molecular complexity index is 326. The lowest BCUT2D eigenvalue weighted by atomic mass is 10.1. The summed E-state index contributed by atoms with van der Waals surface area (Å²) in [5.41, 5.74) is -0.123. The molecule has 0 radical (unpaired) electrons. The van der Waals surface area contributed by atoms with Gasteiger partial charge in [-0.2, -0.15) is 0 Å². The van der Waals surface area contributed by atoms with Crippen LogP contribution >= 0.6 is 11.6 Å². The lowest BCUT2D eigenvalue weighted by Gasteiger charge is -2.01. The van der Waals surface area contributed by atoms with Crippen LogP contribution in [0.5, 0.6) is 0 Å². The highest BCUT2D eigenvalue weighted by Gasteiger charge is 2.11. The molecule has 70 valence electrons. The van der Waals surface area contributed by atoms with E-state index in [1.807, 2.05) is 0 Å². The molecule has 0 aliphatic heterocycles. The highest BCUT2D eigenvalue weighted by atomic mass is 35.5. The number of carbonyl (C=O) groups is 1. The number of Topliss-reactive ketones (excluding diaryl/α,β-unsaturated/α-hetero) is 1. The second-order valence-corrected chi connectivity index (χ2v) is 2.89. The molecule has 1 nitrogen and oxygen atoms in total. The number of carbonyl (C=O) groups excluding carboxylic acids is 1. The topological polar surface area (TPSA) is 17.1 Å². The number of hydrogen-bond acceptors (Lipinski definition) is 1. The predicted molar refractivity (Wildman–Crippen MR) is 46.1 cm³/mol. The van der Waals surface area contributed by atoms with Crippen LogP contribution in [0.4, 0.5) is 8.78 Å². The summed E-state index contributed by atoms with van der Waals surface area (Å²) in [5, 5.41) is 0. The highest BCUT2D eigenvalue weighted by molar-refractivity contribution is 6.30. The van der Waals surface area contributed by atoms with Gasteiger partial charge in [-0.05, 0) is 19.1 Å². The van der Waals surface area contributed by atoms with E-state index in [1.165, 1.54) is 6.92 Å². The van der Waals surface area contributed by atoms with E-state index in [4.69, 9.17) is 11.6 Å². The van der Waals surface area contributed by atoms with Crippen molar-refractivity contribution in [2.24, 2.45) is 0 Å². The Morgan fingerprint density at radius 2 is 1.85 bits per heavy atom. The van der Waals surface area contributed by atoms with E-state index in [-0.39, 0.29) is 17.0 Å². The van der Waals surface area contributed by atoms with Crippen molar-refractivity contribution < 1.29 is 13.6 Å². The second-order valence-electron chi connectivity index (χ2n) is 2.62. The minimum atomic E-state index is -0.728. The Kier molecular flexibility index (Phi) is 2.98. The maximum atomic E-state index is 12.9. The van der Waals surface area contributed by atoms with Crippen LogP contribution in [0.25, 0.3) is 0 Å². The maximum Gasteiger partial charge on any atom is 0.177 e. The molecule has 1 rings (SSSR count). The summed E-state index contributed by atoms with van der Waals surface area (Å²) in [6.07, 6.45) is 0. The average Bonchev–Trinajstić information content (AvgIpc) is 2.12. The van der Waals surface area contributed by atoms with Crippen molar-refractivity contribution in [2.75, 3.05) is 5.88 Å². The first-order chi connectivity index (χ1) is 6.06. The van der Waals surface area contributed by atoms with Gasteiger partial charge in [0.15, 0.2) is 5.78 Å². The van der Waals surface area contributed by atoms with Crippen molar-refractivity contribution in [2.45, 2.75) is 6.92 Å². The minimum absolute atomic E-state index is 0.0319. The molecule has 0 unspecified atom stereocenters. The van der Waals surface area contributed by atoms with Crippen molar-refractivity contribution in [1.29, 1.82) is 0 Å². The molecule has 0 aliphatic carbocycles. The van der Waals surface area contributed by atoms with Crippen LogP contribution in [-0.2, 0) is 0 Å². The molecule has 0 amide bonds. The van der Waals surface area contributed by atoms with E-state index >= 15 is 0 Å². The van der Waals surface area contributed by atoms with Gasteiger partial charge in [-0.3, -0.25) is 4.79 Å². The molecule has 0 bridgehead atoms. The van der Waals surface area contributed by atoms with Crippen molar-refractivity contribution in [3.05, 3.63) is 34.9 Å². The zero-order valence-electron chi connectivity index (χ0n) is 6.90. The maximum absolute atomic E-state index is 12.9. The number of alkyl halides is 1. The Morgan fingerprint density at radius 1 is 1.38 bits per heavy atom. The van der Waals surface area contributed by atoms with Gasteiger partial charge in [-0.1, -0.05) is 0 Å². The molecule has 0 aromatic heterocycles. The third kappa shape index (κ3) is 2.04. The fraction of sp³-hybridized carbons (Fsp3) is 0.222. The molecule has 0 heterocycles. The lowest BCUT2D eigenvalue weighted by Crippen LogP contribution is -2.03. The summed E-state index contributed by atoms with van der Waals surface area (Å²) in [4.78, 5) is 11.0. The first kappa shape index (κ1) is 10.1. The number of rotatable bonds is 2. The summed E-state index contributed by atoms with van der Waals surface area (Å²) < 4.78 is 25.8. The van der Waals surface area contributed by atoms with E-state index in [0.717, 1.165) is 12.1 Å². The van der Waals surface area contributed by atoms with Gasteiger partial charge in [-0.25, -0.2) is 8.78 Å². The van der Waals surface area contributed by atoms with E-state index in [1.54, 1.807) is 0 Å². The van der Waals surface area contributed by atoms with E-state index in [2.05, 4.69) is 0 Å². The lowest BCUT2D eigenvalue weighted by molar-refractivity contribution is 0.102. The zero-order valence-corrected chi connectivity index (χ0v) is 7.66. The minimum Gasteiger partial charge on any atom is -0.293 e. The fourth-order valence-electron chi connectivity index (χ4n) is 0.883. The van der Waals surface area contributed by atoms with Gasteiger partial charge < -0.3 is 0 Å². The van der Waals surface area contributed by atoms with Crippen LogP contribution in [0.3, 0.4) is 0 Å². The average molecular weight is 205 g/mol. The van der Waals surface area contributed by atoms with Crippen LogP contribution in [0.1, 0.15) is 15.9 Å². The Morgan fingerprint density at radius 3 is 2.23 bits per heavy atom. The van der Waals surface area contributed by atoms with Crippen molar-refractivity contribution in [3.8, 4) is 0 Å². The monoisotopic (exact) mass is 204 g/mol. The van der Waals surface area contributed by atoms with Crippen LogP contribution < -0.4 is 0 Å². The summed E-state index contributed by atoms with van der Waals surface area (Å²) in [7, 11) is 0. The quantitative estimate of drug-likeness (QED) is 0.535. The van der Waals surface area contributed by atoms with Gasteiger partial charge >= 0.3 is 0 Å². The third-order valence-electron chi connectivity index (χ3n) is 1.72. The smallest absolute Gasteiger partial charge is 0.177 e. The van der Waals surface area contributed by atoms with Gasteiger partial charge in [0.1, 0.15) is 11.6 Å². The number of benzene rings is 1. The second kappa shape index (κ2) is 3.83. The number of hydrogen-bond donors (Lipinski definition) is 0. The molecular weight excluding hydrogens is 198 g/mol. The van der Waals surface area contributed by atoms with Crippen molar-refractivity contribution >= 4 is 17.4 Å². The Hall–Kier alpha value is -0.960. The van der Waals surface area contributed by atoms with Crippen LogP contribution in [0.2, 0.25) is 0 Å². The molecule has 1 aromatic rings. The van der Waals surface area contributed by atoms with E-state index < -0.39 is 17.4 Å². The molecule has 0 aliphatic rings. The Labute approximate surface area is 79.3 Å². The summed E-state index contributed by atoms with van der Waals surface area (Å²) in [6, 6.07) is 1.98. The van der Waals surface area contributed by atoms with E-state index in [9.17, 15) is 13.6 Å². The van der Waals surface area contributed by atoms with Crippen molar-refractivity contribution in [3.63, 3.8) is 0 Å². The summed E-state index contributed by atoms with van der Waals surface area (Å²) >= 11 is 5.24. The van der Waals surface area contributed by atoms with Gasteiger partial charge in [0, 0.05) is 11.1 Å². The fourth-order valence-corrected chi connectivity index (χ4v) is 1.04. The predicted octanol–water partition coefficient (Wildman–Crippen LogP) is 2.69. The molecule has 0 fully saturated rings. The molecule has 0 atom stereocenters. The highest BCUT2D eigenvalue weighted by Crippen LogP contribution is 2.14. The van der Waals surface area contributed by atoms with Crippen LogP contribution in [0, 0.1) is 18.6 Å². The SMILES string of the molecule is Cc1c(F)cc(C(=O)CCl)cc1F. The molecule has 0 saturated carbocycles. The van der Waals surface area contributed by atoms with Gasteiger partial charge in [0.2, 0.25) is 0 Å². The van der Waals surface area contributed by atoms with Crippen molar-refractivity contribution in [1.82, 2.24) is 0 Å². The normalized spacial score (nSPS) is 10.2. The first-order valence-corrected chi connectivity index (χ1v) is 4.14. The molecule has 0 saturated heterocycles. The molecule has 4 heteroatoms. The third-order valence-corrected chi connectivity index (χ3v) is 1.97.